The zero-order valence-corrected chi connectivity index (χ0v) is 14.3. The third-order valence-electron chi connectivity index (χ3n) is 2.72. The largest absolute Gasteiger partial charge is 0.306 e. The molecule has 1 aromatic rings. The van der Waals surface area contributed by atoms with E-state index < -0.39 is 0 Å². The van der Waals surface area contributed by atoms with Gasteiger partial charge in [0.05, 0.1) is 0 Å². The summed E-state index contributed by atoms with van der Waals surface area (Å²) < 4.78 is 0. The number of nitrogens with zero attached hydrogens (tertiary/aromatic N) is 1. The fraction of sp³-hybridized carbons (Fsp3) is 0.667. The van der Waals surface area contributed by atoms with Crippen LogP contribution in [0.2, 0.25) is 0 Å². The molecule has 0 heterocycles. The van der Waals surface area contributed by atoms with Gasteiger partial charge in [0, 0.05) is 0 Å². The Balaban J connectivity index is 0. The number of hydrogen-bond acceptors (Lipinski definition) is 1. The lowest BCUT2D eigenvalue weighted by Crippen LogP contribution is -2.19. The molecule has 112 valence electrons. The highest BCUT2D eigenvalue weighted by atomic mass is 15.1. The molecule has 0 aliphatic heterocycles. The zero-order chi connectivity index (χ0) is 15.1. The van der Waals surface area contributed by atoms with Gasteiger partial charge in [-0.25, -0.2) is 0 Å². The summed E-state index contributed by atoms with van der Waals surface area (Å²) in [5.41, 5.74) is 2.66. The van der Waals surface area contributed by atoms with Crippen molar-refractivity contribution in [1.29, 1.82) is 0 Å². The molecule has 0 radical (unpaired) electrons. The highest BCUT2D eigenvalue weighted by Gasteiger charge is 1.92. The number of benzene rings is 1. The van der Waals surface area contributed by atoms with Gasteiger partial charge < -0.3 is 4.90 Å². The quantitative estimate of drug-likeness (QED) is 0.683. The van der Waals surface area contributed by atoms with Crippen molar-refractivity contribution in [2.24, 2.45) is 0 Å². The van der Waals surface area contributed by atoms with Gasteiger partial charge in [-0.15, -0.1) is 0 Å². The summed E-state index contributed by atoms with van der Waals surface area (Å²) >= 11 is 0. The second-order valence-corrected chi connectivity index (χ2v) is 4.81. The molecule has 0 saturated heterocycles. The first-order valence-electron chi connectivity index (χ1n) is 7.82. The Morgan fingerprint density at radius 3 is 1.53 bits per heavy atom. The second kappa shape index (κ2) is 15.2. The third kappa shape index (κ3) is 15.1. The van der Waals surface area contributed by atoms with Crippen LogP contribution in [-0.4, -0.2) is 25.0 Å². The maximum atomic E-state index is 2.39. The average Bonchev–Trinajstić information content (AvgIpc) is 2.43. The van der Waals surface area contributed by atoms with Crippen molar-refractivity contribution in [3.05, 3.63) is 35.4 Å². The van der Waals surface area contributed by atoms with Crippen molar-refractivity contribution in [2.45, 2.75) is 60.8 Å². The van der Waals surface area contributed by atoms with Crippen molar-refractivity contribution in [3.63, 3.8) is 0 Å². The van der Waals surface area contributed by atoms with Crippen LogP contribution >= 0.6 is 0 Å². The van der Waals surface area contributed by atoms with E-state index in [1.54, 1.807) is 0 Å². The van der Waals surface area contributed by atoms with Gasteiger partial charge in [-0.2, -0.15) is 0 Å². The third-order valence-corrected chi connectivity index (χ3v) is 2.72. The minimum Gasteiger partial charge on any atom is -0.306 e. The molecule has 0 bridgehead atoms. The lowest BCUT2D eigenvalue weighted by molar-refractivity contribution is 0.329. The summed E-state index contributed by atoms with van der Waals surface area (Å²) in [6.07, 6.45) is 3.94. The Kier molecular flexibility index (Phi) is 16.4. The van der Waals surface area contributed by atoms with Crippen LogP contribution in [-0.2, 0) is 0 Å². The molecular formula is C18H35N. The fourth-order valence-electron chi connectivity index (χ4n) is 1.56. The van der Waals surface area contributed by atoms with Gasteiger partial charge in [-0.1, -0.05) is 69.5 Å². The van der Waals surface area contributed by atoms with E-state index in [0.717, 1.165) is 0 Å². The van der Waals surface area contributed by atoms with E-state index in [1.165, 1.54) is 43.5 Å². The number of hydrogen-bond donors (Lipinski definition) is 0. The van der Waals surface area contributed by atoms with E-state index in [9.17, 15) is 0 Å². The molecule has 0 atom stereocenters. The highest BCUT2D eigenvalue weighted by Crippen LogP contribution is 1.99. The molecule has 0 unspecified atom stereocenters. The highest BCUT2D eigenvalue weighted by molar-refractivity contribution is 5.19. The summed E-state index contributed by atoms with van der Waals surface area (Å²) in [6.45, 7) is 15.2. The van der Waals surface area contributed by atoms with Crippen LogP contribution in [0.15, 0.2) is 24.3 Å². The normalized spacial score (nSPS) is 9.26. The lowest BCUT2D eigenvalue weighted by atomic mass is 10.2. The topological polar surface area (TPSA) is 3.24 Å². The van der Waals surface area contributed by atoms with Crippen LogP contribution in [0, 0.1) is 13.8 Å². The molecule has 1 rings (SSSR count). The van der Waals surface area contributed by atoms with Crippen LogP contribution in [0.5, 0.6) is 0 Å². The standard InChI is InChI=1S/C8H19N.C8H10.C2H6/c1-4-6-8-9(3)7-5-2;1-7-3-5-8(2)6-4-7;1-2/h4-8H2,1-3H3;3-6H,1-2H3;1-2H3. The smallest absolute Gasteiger partial charge is 0.00219 e. The number of aryl methyl sites for hydroxylation is 2. The molecule has 0 amide bonds. The minimum absolute atomic E-state index is 1.25. The molecule has 0 N–H and O–H groups in total. The van der Waals surface area contributed by atoms with Gasteiger partial charge in [0.15, 0.2) is 0 Å². The van der Waals surface area contributed by atoms with E-state index in [-0.39, 0.29) is 0 Å². The molecule has 0 saturated carbocycles. The summed E-state index contributed by atoms with van der Waals surface area (Å²) in [5.74, 6) is 0. The number of unbranched alkanes of at least 4 members (excludes halogenated alkanes) is 1. The maximum Gasteiger partial charge on any atom is -0.00219 e. The van der Waals surface area contributed by atoms with Crippen molar-refractivity contribution < 1.29 is 0 Å². The predicted molar refractivity (Wildman–Crippen MR) is 90.0 cm³/mol. The summed E-state index contributed by atoms with van der Waals surface area (Å²) in [5, 5.41) is 0. The molecule has 0 aromatic heterocycles. The van der Waals surface area contributed by atoms with E-state index in [0.29, 0.717) is 0 Å². The average molecular weight is 265 g/mol. The molecule has 1 heteroatoms. The van der Waals surface area contributed by atoms with Crippen LogP contribution in [0.4, 0.5) is 0 Å². The van der Waals surface area contributed by atoms with Gasteiger partial charge in [0.1, 0.15) is 0 Å². The van der Waals surface area contributed by atoms with Gasteiger partial charge in [0.2, 0.25) is 0 Å². The van der Waals surface area contributed by atoms with Crippen molar-refractivity contribution in [3.8, 4) is 0 Å². The van der Waals surface area contributed by atoms with Gasteiger partial charge in [-0.3, -0.25) is 0 Å². The first-order chi connectivity index (χ1) is 9.10. The van der Waals surface area contributed by atoms with E-state index in [2.05, 4.69) is 63.9 Å². The minimum atomic E-state index is 1.25. The Bertz CT molecular complexity index is 243. The molecule has 0 aliphatic carbocycles. The predicted octanol–water partition coefficient (Wildman–Crippen LogP) is 5.46. The summed E-state index contributed by atoms with van der Waals surface area (Å²) in [6, 6.07) is 8.48. The first-order valence-corrected chi connectivity index (χ1v) is 7.82. The Morgan fingerprint density at radius 2 is 1.21 bits per heavy atom. The summed E-state index contributed by atoms with van der Waals surface area (Å²) in [7, 11) is 2.19. The summed E-state index contributed by atoms with van der Waals surface area (Å²) in [4.78, 5) is 2.39. The Hall–Kier alpha value is -0.820. The van der Waals surface area contributed by atoms with Crippen LogP contribution < -0.4 is 0 Å². The first kappa shape index (κ1) is 20.5. The van der Waals surface area contributed by atoms with Gasteiger partial charge in [-0.05, 0) is 46.8 Å². The zero-order valence-electron chi connectivity index (χ0n) is 14.3. The van der Waals surface area contributed by atoms with Gasteiger partial charge >= 0.3 is 0 Å². The van der Waals surface area contributed by atoms with E-state index >= 15 is 0 Å². The second-order valence-electron chi connectivity index (χ2n) is 4.81. The maximum absolute atomic E-state index is 2.39. The van der Waals surface area contributed by atoms with Gasteiger partial charge in [0.25, 0.3) is 0 Å². The molecule has 0 aliphatic rings. The molecule has 1 aromatic carbocycles. The van der Waals surface area contributed by atoms with Crippen molar-refractivity contribution in [2.75, 3.05) is 20.1 Å². The Labute approximate surface area is 122 Å². The van der Waals surface area contributed by atoms with E-state index in [1.807, 2.05) is 13.8 Å². The fourth-order valence-corrected chi connectivity index (χ4v) is 1.56. The molecule has 19 heavy (non-hydrogen) atoms. The van der Waals surface area contributed by atoms with Crippen LogP contribution in [0.25, 0.3) is 0 Å². The van der Waals surface area contributed by atoms with Crippen LogP contribution in [0.3, 0.4) is 0 Å². The monoisotopic (exact) mass is 265 g/mol. The molecule has 0 fully saturated rings. The van der Waals surface area contributed by atoms with Crippen molar-refractivity contribution in [1.82, 2.24) is 4.90 Å². The lowest BCUT2D eigenvalue weighted by Gasteiger charge is -2.13. The number of rotatable bonds is 5. The molecular weight excluding hydrogens is 230 g/mol. The van der Waals surface area contributed by atoms with Crippen molar-refractivity contribution >= 4 is 0 Å². The van der Waals surface area contributed by atoms with Crippen LogP contribution in [0.1, 0.15) is 58.1 Å². The Morgan fingerprint density at radius 1 is 0.789 bits per heavy atom. The molecule has 1 nitrogen and oxygen atoms in total. The molecule has 0 spiro atoms. The van der Waals surface area contributed by atoms with E-state index in [4.69, 9.17) is 0 Å². The SMILES string of the molecule is CC.CCCCN(C)CCC.Cc1ccc(C)cc1.